The van der Waals surface area contributed by atoms with Crippen molar-refractivity contribution in [3.8, 4) is 11.5 Å². The minimum Gasteiger partial charge on any atom is -0.482 e. The standard InChI is InChI=1S/C21H22N2O5/c1-14-4-3-5-17(12-14)27-13-18(24)28-16-8-6-15(7-9-16)10-11-21(2)19(25)22-20(26)23-21/h3-9,12H,10-11,13H2,1-2H3,(H2,22,23,25,26)/t21-/m1/s1. The van der Waals surface area contributed by atoms with Gasteiger partial charge in [-0.15, -0.1) is 0 Å². The molecule has 1 fully saturated rings. The van der Waals surface area contributed by atoms with Crippen LogP contribution in [0.3, 0.4) is 0 Å². The van der Waals surface area contributed by atoms with E-state index in [0.717, 1.165) is 11.1 Å². The number of carbonyl (C=O) groups excluding carboxylic acids is 3. The summed E-state index contributed by atoms with van der Waals surface area (Å²) in [5.74, 6) is 0.215. The van der Waals surface area contributed by atoms with Gasteiger partial charge in [0.25, 0.3) is 5.91 Å². The van der Waals surface area contributed by atoms with Crippen molar-refractivity contribution in [1.29, 1.82) is 0 Å². The van der Waals surface area contributed by atoms with Crippen molar-refractivity contribution >= 4 is 17.9 Å². The summed E-state index contributed by atoms with van der Waals surface area (Å²) in [6.07, 6.45) is 1.06. The summed E-state index contributed by atoms with van der Waals surface area (Å²) in [7, 11) is 0. The molecule has 7 heteroatoms. The highest BCUT2D eigenvalue weighted by Crippen LogP contribution is 2.20. The van der Waals surface area contributed by atoms with Crippen LogP contribution in [-0.2, 0) is 16.0 Å². The van der Waals surface area contributed by atoms with Crippen LogP contribution in [0.1, 0.15) is 24.5 Å². The third kappa shape index (κ3) is 4.88. The van der Waals surface area contributed by atoms with Crippen molar-refractivity contribution in [3.05, 3.63) is 59.7 Å². The summed E-state index contributed by atoms with van der Waals surface area (Å²) >= 11 is 0. The lowest BCUT2D eigenvalue weighted by Crippen LogP contribution is -2.43. The third-order valence-electron chi connectivity index (χ3n) is 4.53. The maximum absolute atomic E-state index is 11.9. The summed E-state index contributed by atoms with van der Waals surface area (Å²) in [5.41, 5.74) is 1.10. The Balaban J connectivity index is 1.48. The molecule has 2 aromatic rings. The fourth-order valence-corrected chi connectivity index (χ4v) is 2.88. The Morgan fingerprint density at radius 3 is 2.46 bits per heavy atom. The van der Waals surface area contributed by atoms with Crippen molar-refractivity contribution in [1.82, 2.24) is 10.6 Å². The van der Waals surface area contributed by atoms with Crippen LogP contribution in [0.15, 0.2) is 48.5 Å². The van der Waals surface area contributed by atoms with E-state index in [-0.39, 0.29) is 12.5 Å². The van der Waals surface area contributed by atoms with Gasteiger partial charge in [0.15, 0.2) is 6.61 Å². The molecule has 0 aromatic heterocycles. The number of urea groups is 1. The largest absolute Gasteiger partial charge is 0.482 e. The highest BCUT2D eigenvalue weighted by molar-refractivity contribution is 6.06. The van der Waals surface area contributed by atoms with Gasteiger partial charge >= 0.3 is 12.0 Å². The lowest BCUT2D eigenvalue weighted by molar-refractivity contribution is -0.136. The second-order valence-corrected chi connectivity index (χ2v) is 6.96. The summed E-state index contributed by atoms with van der Waals surface area (Å²) in [6.45, 7) is 3.45. The molecule has 0 aliphatic carbocycles. The van der Waals surface area contributed by atoms with Gasteiger partial charge in [0.05, 0.1) is 0 Å². The molecule has 0 radical (unpaired) electrons. The summed E-state index contributed by atoms with van der Waals surface area (Å²) < 4.78 is 10.7. The molecule has 146 valence electrons. The molecule has 1 saturated heterocycles. The Bertz CT molecular complexity index is 894. The molecule has 1 aliphatic rings. The van der Waals surface area contributed by atoms with E-state index >= 15 is 0 Å². The fraction of sp³-hybridized carbons (Fsp3) is 0.286. The average Bonchev–Trinajstić information content (AvgIpc) is 2.91. The van der Waals surface area contributed by atoms with Crippen molar-refractivity contribution in [2.45, 2.75) is 32.2 Å². The van der Waals surface area contributed by atoms with Crippen LogP contribution in [0.5, 0.6) is 11.5 Å². The number of hydrogen-bond donors (Lipinski definition) is 2. The Morgan fingerprint density at radius 2 is 1.82 bits per heavy atom. The van der Waals surface area contributed by atoms with Crippen LogP contribution < -0.4 is 20.1 Å². The van der Waals surface area contributed by atoms with Gasteiger partial charge in [-0.1, -0.05) is 24.3 Å². The second-order valence-electron chi connectivity index (χ2n) is 6.96. The van der Waals surface area contributed by atoms with Crippen molar-refractivity contribution in [2.75, 3.05) is 6.61 Å². The van der Waals surface area contributed by atoms with Gasteiger partial charge < -0.3 is 14.8 Å². The molecule has 0 spiro atoms. The van der Waals surface area contributed by atoms with E-state index in [1.165, 1.54) is 0 Å². The summed E-state index contributed by atoms with van der Waals surface area (Å²) in [4.78, 5) is 35.0. The molecule has 1 aliphatic heterocycles. The molecule has 3 rings (SSSR count). The zero-order valence-corrected chi connectivity index (χ0v) is 15.8. The van der Waals surface area contributed by atoms with Crippen molar-refractivity contribution in [2.24, 2.45) is 0 Å². The van der Waals surface area contributed by atoms with E-state index in [1.807, 2.05) is 37.3 Å². The number of esters is 1. The minimum absolute atomic E-state index is 0.182. The van der Waals surface area contributed by atoms with E-state index in [4.69, 9.17) is 9.47 Å². The maximum atomic E-state index is 11.9. The first-order valence-corrected chi connectivity index (χ1v) is 8.97. The first-order valence-electron chi connectivity index (χ1n) is 8.97. The summed E-state index contributed by atoms with van der Waals surface area (Å²) in [5, 5.41) is 4.88. The number of nitrogens with one attached hydrogen (secondary N) is 2. The van der Waals surface area contributed by atoms with Gasteiger partial charge in [-0.3, -0.25) is 10.1 Å². The lowest BCUT2D eigenvalue weighted by atomic mass is 9.93. The van der Waals surface area contributed by atoms with Crippen LogP contribution in [-0.4, -0.2) is 30.1 Å². The molecule has 0 bridgehead atoms. The van der Waals surface area contributed by atoms with Crippen molar-refractivity contribution in [3.63, 3.8) is 0 Å². The quantitative estimate of drug-likeness (QED) is 0.436. The van der Waals surface area contributed by atoms with Gasteiger partial charge in [0.2, 0.25) is 0 Å². The van der Waals surface area contributed by atoms with E-state index < -0.39 is 17.5 Å². The van der Waals surface area contributed by atoms with Gasteiger partial charge in [0, 0.05) is 0 Å². The van der Waals surface area contributed by atoms with Gasteiger partial charge in [0.1, 0.15) is 17.0 Å². The van der Waals surface area contributed by atoms with Crippen molar-refractivity contribution < 1.29 is 23.9 Å². The number of carbonyl (C=O) groups is 3. The van der Waals surface area contributed by atoms with Gasteiger partial charge in [-0.05, 0) is 62.1 Å². The number of rotatable bonds is 7. The predicted molar refractivity (Wildman–Crippen MR) is 102 cm³/mol. The highest BCUT2D eigenvalue weighted by atomic mass is 16.6. The molecule has 0 saturated carbocycles. The molecule has 2 N–H and O–H groups in total. The zero-order valence-electron chi connectivity index (χ0n) is 15.8. The molecule has 3 amide bonds. The first kappa shape index (κ1) is 19.4. The molecule has 28 heavy (non-hydrogen) atoms. The van der Waals surface area contributed by atoms with E-state index in [2.05, 4.69) is 10.6 Å². The van der Waals surface area contributed by atoms with Crippen LogP contribution >= 0.6 is 0 Å². The van der Waals surface area contributed by atoms with Gasteiger partial charge in [-0.2, -0.15) is 0 Å². The monoisotopic (exact) mass is 382 g/mol. The van der Waals surface area contributed by atoms with Crippen LogP contribution in [0.2, 0.25) is 0 Å². The van der Waals surface area contributed by atoms with E-state index in [9.17, 15) is 14.4 Å². The Kier molecular flexibility index (Phi) is 5.63. The number of benzene rings is 2. The third-order valence-corrected chi connectivity index (χ3v) is 4.53. The Hall–Kier alpha value is -3.35. The number of amides is 3. The molecule has 1 atom stereocenters. The number of ether oxygens (including phenoxy) is 2. The topological polar surface area (TPSA) is 93.7 Å². The highest BCUT2D eigenvalue weighted by Gasteiger charge is 2.41. The lowest BCUT2D eigenvalue weighted by Gasteiger charge is -2.20. The normalized spacial score (nSPS) is 18.4. The number of imide groups is 1. The maximum Gasteiger partial charge on any atom is 0.349 e. The van der Waals surface area contributed by atoms with Crippen LogP contribution in [0, 0.1) is 6.92 Å². The van der Waals surface area contributed by atoms with Crippen LogP contribution in [0.4, 0.5) is 4.79 Å². The van der Waals surface area contributed by atoms with E-state index in [1.54, 1.807) is 25.1 Å². The second kappa shape index (κ2) is 8.12. The molecule has 2 aromatic carbocycles. The molecule has 0 unspecified atom stereocenters. The van der Waals surface area contributed by atoms with Gasteiger partial charge in [-0.25, -0.2) is 9.59 Å². The molecule has 1 heterocycles. The molecular weight excluding hydrogens is 360 g/mol. The average molecular weight is 382 g/mol. The first-order chi connectivity index (χ1) is 13.3. The number of aryl methyl sites for hydroxylation is 2. The number of hydrogen-bond acceptors (Lipinski definition) is 5. The SMILES string of the molecule is Cc1cccc(OCC(=O)Oc2ccc(CC[C@@]3(C)NC(=O)NC3=O)cc2)c1. The van der Waals surface area contributed by atoms with Crippen LogP contribution in [0.25, 0.3) is 0 Å². The Labute approximate surface area is 163 Å². The molecule has 7 nitrogen and oxygen atoms in total. The fourth-order valence-electron chi connectivity index (χ4n) is 2.88. The summed E-state index contributed by atoms with van der Waals surface area (Å²) in [6, 6.07) is 14.0. The smallest absolute Gasteiger partial charge is 0.349 e. The Morgan fingerprint density at radius 1 is 1.07 bits per heavy atom. The predicted octanol–water partition coefficient (Wildman–Crippen LogP) is 2.51. The zero-order chi connectivity index (χ0) is 20.1. The molecular formula is C21H22N2O5. The minimum atomic E-state index is -0.907. The van der Waals surface area contributed by atoms with E-state index in [0.29, 0.717) is 24.3 Å².